The summed E-state index contributed by atoms with van der Waals surface area (Å²) in [4.78, 5) is 25.2. The van der Waals surface area contributed by atoms with Crippen LogP contribution in [0.1, 0.15) is 38.5 Å². The molecule has 148 valence electrons. The van der Waals surface area contributed by atoms with Gasteiger partial charge in [0.05, 0.1) is 5.92 Å². The van der Waals surface area contributed by atoms with Crippen molar-refractivity contribution in [2.24, 2.45) is 0 Å². The highest BCUT2D eigenvalue weighted by Crippen LogP contribution is 2.24. The molecule has 0 saturated carbocycles. The molecule has 2 N–H and O–H groups in total. The number of hydrogen-bond donors (Lipinski definition) is 2. The predicted octanol–water partition coefficient (Wildman–Crippen LogP) is 3.98. The van der Waals surface area contributed by atoms with E-state index < -0.39 is 0 Å². The molecule has 3 rings (SSSR count). The van der Waals surface area contributed by atoms with Gasteiger partial charge in [-0.3, -0.25) is 9.59 Å². The van der Waals surface area contributed by atoms with Crippen LogP contribution in [0.4, 0.5) is 0 Å². The Labute approximate surface area is 172 Å². The van der Waals surface area contributed by atoms with Gasteiger partial charge in [-0.05, 0) is 48.2 Å². The molecule has 4 nitrogen and oxygen atoms in total. The maximum Gasteiger partial charge on any atom is 0.251 e. The summed E-state index contributed by atoms with van der Waals surface area (Å²) in [5.74, 6) is -0.597. The standard InChI is InChI=1S/C25H26N2O2/c1-18-13-14-22(17-19(18)2)24(28)26-15-16-27-25(29)23(20-9-5-3-6-10-20)21-11-7-4-8-12-21/h3-14,17,23H,15-16H2,1-2H3,(H,26,28)(H,27,29). The maximum absolute atomic E-state index is 12.9. The zero-order valence-electron chi connectivity index (χ0n) is 16.8. The van der Waals surface area contributed by atoms with Crippen molar-refractivity contribution < 1.29 is 9.59 Å². The summed E-state index contributed by atoms with van der Waals surface area (Å²) < 4.78 is 0. The van der Waals surface area contributed by atoms with Gasteiger partial charge in [-0.2, -0.15) is 0 Å². The molecule has 0 aliphatic carbocycles. The molecule has 0 saturated heterocycles. The van der Waals surface area contributed by atoms with Crippen molar-refractivity contribution in [2.45, 2.75) is 19.8 Å². The number of carbonyl (C=O) groups excluding carboxylic acids is 2. The average Bonchev–Trinajstić information content (AvgIpc) is 2.75. The van der Waals surface area contributed by atoms with Gasteiger partial charge in [-0.1, -0.05) is 66.7 Å². The molecule has 0 atom stereocenters. The van der Waals surface area contributed by atoms with Gasteiger partial charge in [0.1, 0.15) is 0 Å². The Kier molecular flexibility index (Phi) is 6.80. The van der Waals surface area contributed by atoms with Gasteiger partial charge in [0, 0.05) is 18.7 Å². The second-order valence-electron chi connectivity index (χ2n) is 7.10. The molecule has 4 heteroatoms. The van der Waals surface area contributed by atoms with Crippen LogP contribution in [0.15, 0.2) is 78.9 Å². The van der Waals surface area contributed by atoms with E-state index in [1.807, 2.05) is 92.7 Å². The zero-order chi connectivity index (χ0) is 20.6. The van der Waals surface area contributed by atoms with Crippen LogP contribution >= 0.6 is 0 Å². The fourth-order valence-electron chi connectivity index (χ4n) is 3.23. The number of carbonyl (C=O) groups is 2. The van der Waals surface area contributed by atoms with E-state index in [2.05, 4.69) is 10.6 Å². The zero-order valence-corrected chi connectivity index (χ0v) is 16.8. The summed E-state index contributed by atoms with van der Waals surface area (Å²) in [7, 11) is 0. The molecule has 0 bridgehead atoms. The highest BCUT2D eigenvalue weighted by atomic mass is 16.2. The third-order valence-corrected chi connectivity index (χ3v) is 5.01. The van der Waals surface area contributed by atoms with E-state index in [0.29, 0.717) is 18.7 Å². The highest BCUT2D eigenvalue weighted by molar-refractivity contribution is 5.94. The molecule has 2 amide bonds. The molecule has 0 aliphatic heterocycles. The summed E-state index contributed by atoms with van der Waals surface area (Å²) in [5, 5.41) is 5.82. The summed E-state index contributed by atoms with van der Waals surface area (Å²) in [6.07, 6.45) is 0. The van der Waals surface area contributed by atoms with Crippen LogP contribution in [0.25, 0.3) is 0 Å². The normalized spacial score (nSPS) is 10.6. The number of nitrogens with one attached hydrogen (secondary N) is 2. The van der Waals surface area contributed by atoms with Crippen molar-refractivity contribution in [1.82, 2.24) is 10.6 Å². The molecule has 0 unspecified atom stereocenters. The fraction of sp³-hybridized carbons (Fsp3) is 0.200. The SMILES string of the molecule is Cc1ccc(C(=O)NCCNC(=O)C(c2ccccc2)c2ccccc2)cc1C. The van der Waals surface area contributed by atoms with Crippen molar-refractivity contribution in [3.8, 4) is 0 Å². The first-order chi connectivity index (χ1) is 14.1. The molecule has 3 aromatic carbocycles. The Morgan fingerprint density at radius 1 is 0.724 bits per heavy atom. The maximum atomic E-state index is 12.9. The number of amides is 2. The Hall–Kier alpha value is -3.40. The second-order valence-corrected chi connectivity index (χ2v) is 7.10. The van der Waals surface area contributed by atoms with Gasteiger partial charge < -0.3 is 10.6 Å². The van der Waals surface area contributed by atoms with E-state index in [9.17, 15) is 9.59 Å². The Morgan fingerprint density at radius 2 is 1.28 bits per heavy atom. The van der Waals surface area contributed by atoms with Gasteiger partial charge >= 0.3 is 0 Å². The molecule has 0 heterocycles. The topological polar surface area (TPSA) is 58.2 Å². The van der Waals surface area contributed by atoms with Crippen molar-refractivity contribution in [2.75, 3.05) is 13.1 Å². The average molecular weight is 386 g/mol. The van der Waals surface area contributed by atoms with Crippen molar-refractivity contribution in [1.29, 1.82) is 0 Å². The largest absolute Gasteiger partial charge is 0.354 e. The first-order valence-electron chi connectivity index (χ1n) is 9.79. The van der Waals surface area contributed by atoms with Gasteiger partial charge in [-0.15, -0.1) is 0 Å². The van der Waals surface area contributed by atoms with Crippen LogP contribution in [0.2, 0.25) is 0 Å². The van der Waals surface area contributed by atoms with Gasteiger partial charge in [0.2, 0.25) is 5.91 Å². The second kappa shape index (κ2) is 9.69. The lowest BCUT2D eigenvalue weighted by Crippen LogP contribution is -2.37. The van der Waals surface area contributed by atoms with Crippen LogP contribution in [-0.2, 0) is 4.79 Å². The van der Waals surface area contributed by atoms with E-state index in [0.717, 1.165) is 22.3 Å². The summed E-state index contributed by atoms with van der Waals surface area (Å²) >= 11 is 0. The number of hydrogen-bond acceptors (Lipinski definition) is 2. The Morgan fingerprint density at radius 3 is 1.83 bits per heavy atom. The first-order valence-corrected chi connectivity index (χ1v) is 9.79. The summed E-state index contributed by atoms with van der Waals surface area (Å²) in [6, 6.07) is 25.1. The van der Waals surface area contributed by atoms with Crippen LogP contribution in [0.3, 0.4) is 0 Å². The van der Waals surface area contributed by atoms with Crippen molar-refractivity contribution in [3.05, 3.63) is 107 Å². The molecule has 29 heavy (non-hydrogen) atoms. The predicted molar refractivity (Wildman–Crippen MR) is 116 cm³/mol. The smallest absolute Gasteiger partial charge is 0.251 e. The molecule has 0 spiro atoms. The van der Waals surface area contributed by atoms with Gasteiger partial charge in [0.25, 0.3) is 5.91 Å². The molecule has 3 aromatic rings. The van der Waals surface area contributed by atoms with E-state index >= 15 is 0 Å². The van der Waals surface area contributed by atoms with Gasteiger partial charge in [-0.25, -0.2) is 0 Å². The molecule has 0 radical (unpaired) electrons. The lowest BCUT2D eigenvalue weighted by atomic mass is 9.90. The van der Waals surface area contributed by atoms with Gasteiger partial charge in [0.15, 0.2) is 0 Å². The molecular formula is C25H26N2O2. The van der Waals surface area contributed by atoms with Crippen molar-refractivity contribution >= 4 is 11.8 Å². The minimum atomic E-state index is -0.382. The summed E-state index contributed by atoms with van der Waals surface area (Å²) in [5.41, 5.74) is 4.75. The molecule has 0 aliphatic rings. The molecule has 0 aromatic heterocycles. The van der Waals surface area contributed by atoms with Crippen LogP contribution < -0.4 is 10.6 Å². The molecular weight excluding hydrogens is 360 g/mol. The third kappa shape index (κ3) is 5.32. The summed E-state index contributed by atoms with van der Waals surface area (Å²) in [6.45, 7) is 4.74. The minimum absolute atomic E-state index is 0.0807. The number of rotatable bonds is 7. The highest BCUT2D eigenvalue weighted by Gasteiger charge is 2.22. The van der Waals surface area contributed by atoms with E-state index in [1.165, 1.54) is 0 Å². The number of benzene rings is 3. The van der Waals surface area contributed by atoms with E-state index in [-0.39, 0.29) is 17.7 Å². The number of aryl methyl sites for hydroxylation is 2. The quantitative estimate of drug-likeness (QED) is 0.604. The van der Waals surface area contributed by atoms with Crippen molar-refractivity contribution in [3.63, 3.8) is 0 Å². The lowest BCUT2D eigenvalue weighted by molar-refractivity contribution is -0.121. The lowest BCUT2D eigenvalue weighted by Gasteiger charge is -2.18. The third-order valence-electron chi connectivity index (χ3n) is 5.01. The van der Waals surface area contributed by atoms with Crippen LogP contribution in [-0.4, -0.2) is 24.9 Å². The monoisotopic (exact) mass is 386 g/mol. The minimum Gasteiger partial charge on any atom is -0.354 e. The Bertz CT molecular complexity index is 929. The first kappa shape index (κ1) is 20.3. The fourth-order valence-corrected chi connectivity index (χ4v) is 3.23. The Balaban J connectivity index is 1.59. The van der Waals surface area contributed by atoms with Crippen LogP contribution in [0.5, 0.6) is 0 Å². The van der Waals surface area contributed by atoms with E-state index in [4.69, 9.17) is 0 Å². The molecule has 0 fully saturated rings. The van der Waals surface area contributed by atoms with E-state index in [1.54, 1.807) is 0 Å². The van der Waals surface area contributed by atoms with Crippen LogP contribution in [0, 0.1) is 13.8 Å².